The number of nitrogens with zero attached hydrogens (tertiary/aromatic N) is 1. The van der Waals surface area contributed by atoms with Crippen LogP contribution in [0, 0.1) is 11.6 Å². The van der Waals surface area contributed by atoms with Crippen molar-refractivity contribution in [1.29, 1.82) is 0 Å². The average molecular weight is 357 g/mol. The van der Waals surface area contributed by atoms with Gasteiger partial charge in [0.1, 0.15) is 11.6 Å². The molecular formula is C16H19BrF2N2. The van der Waals surface area contributed by atoms with Gasteiger partial charge in [-0.2, -0.15) is 0 Å². The van der Waals surface area contributed by atoms with Gasteiger partial charge in [-0.25, -0.2) is 8.78 Å². The van der Waals surface area contributed by atoms with Crippen LogP contribution < -0.4 is 5.32 Å². The number of hydrogen-bond donors (Lipinski definition) is 1. The quantitative estimate of drug-likeness (QED) is 0.746. The summed E-state index contributed by atoms with van der Waals surface area (Å²) in [5.41, 5.74) is 1.21. The minimum absolute atomic E-state index is 0.0722. The van der Waals surface area contributed by atoms with Crippen molar-refractivity contribution in [2.45, 2.75) is 32.9 Å². The van der Waals surface area contributed by atoms with E-state index in [0.717, 1.165) is 18.5 Å². The molecule has 0 radical (unpaired) electrons. The summed E-state index contributed by atoms with van der Waals surface area (Å²) in [6.45, 7) is 5.24. The van der Waals surface area contributed by atoms with E-state index < -0.39 is 11.6 Å². The predicted molar refractivity (Wildman–Crippen MR) is 84.3 cm³/mol. The lowest BCUT2D eigenvalue weighted by Gasteiger charge is -2.14. The highest BCUT2D eigenvalue weighted by Gasteiger charge is 2.14. The van der Waals surface area contributed by atoms with Crippen LogP contribution in [0.4, 0.5) is 8.78 Å². The number of benzene rings is 1. The molecule has 21 heavy (non-hydrogen) atoms. The standard InChI is InChI=1S/C16H19BrF2N2/c1-3-15(20-4-2)11-7-8-21(9-11)10-12-14(18)6-5-13(17)16(12)19/h5-9,15,20H,3-4,10H2,1-2H3. The van der Waals surface area contributed by atoms with Gasteiger partial charge in [-0.15, -0.1) is 0 Å². The van der Waals surface area contributed by atoms with Gasteiger partial charge in [0, 0.05) is 24.0 Å². The second-order valence-corrected chi connectivity index (χ2v) is 5.81. The molecule has 0 aliphatic rings. The molecule has 5 heteroatoms. The van der Waals surface area contributed by atoms with Crippen molar-refractivity contribution >= 4 is 15.9 Å². The van der Waals surface area contributed by atoms with Crippen LogP contribution >= 0.6 is 15.9 Å². The molecule has 0 spiro atoms. The molecule has 0 amide bonds. The van der Waals surface area contributed by atoms with Gasteiger partial charge < -0.3 is 9.88 Å². The molecule has 0 saturated carbocycles. The van der Waals surface area contributed by atoms with Crippen molar-refractivity contribution < 1.29 is 8.78 Å². The molecular weight excluding hydrogens is 338 g/mol. The fraction of sp³-hybridized carbons (Fsp3) is 0.375. The van der Waals surface area contributed by atoms with E-state index in [0.29, 0.717) is 0 Å². The molecule has 1 heterocycles. The number of rotatable bonds is 6. The van der Waals surface area contributed by atoms with Gasteiger partial charge >= 0.3 is 0 Å². The van der Waals surface area contributed by atoms with Crippen LogP contribution in [0.25, 0.3) is 0 Å². The maximum atomic E-state index is 14.0. The fourth-order valence-electron chi connectivity index (χ4n) is 2.40. The Morgan fingerprint density at radius 3 is 2.67 bits per heavy atom. The Kier molecular flexibility index (Phi) is 5.53. The zero-order valence-electron chi connectivity index (χ0n) is 12.2. The Hall–Kier alpha value is -1.20. The Bertz CT molecular complexity index is 610. The fourth-order valence-corrected chi connectivity index (χ4v) is 2.78. The third kappa shape index (κ3) is 3.71. The first kappa shape index (κ1) is 16.2. The summed E-state index contributed by atoms with van der Waals surface area (Å²) in [5.74, 6) is -1.06. The first-order chi connectivity index (χ1) is 10.1. The summed E-state index contributed by atoms with van der Waals surface area (Å²) in [4.78, 5) is 0. The summed E-state index contributed by atoms with van der Waals surface area (Å²) >= 11 is 3.09. The molecule has 0 fully saturated rings. The van der Waals surface area contributed by atoms with Crippen molar-refractivity contribution in [3.8, 4) is 0 Å². The molecule has 1 aromatic heterocycles. The molecule has 114 valence electrons. The molecule has 0 bridgehead atoms. The van der Waals surface area contributed by atoms with E-state index in [1.54, 1.807) is 0 Å². The summed E-state index contributed by atoms with van der Waals surface area (Å²) in [6, 6.07) is 4.92. The molecule has 1 unspecified atom stereocenters. The summed E-state index contributed by atoms with van der Waals surface area (Å²) in [5, 5.41) is 3.39. The first-order valence-corrected chi connectivity index (χ1v) is 7.87. The second-order valence-electron chi connectivity index (χ2n) is 4.96. The number of halogens is 3. The normalized spacial score (nSPS) is 12.6. The minimum Gasteiger partial charge on any atom is -0.349 e. The van der Waals surface area contributed by atoms with Crippen molar-refractivity contribution in [2.24, 2.45) is 0 Å². The Balaban J connectivity index is 2.22. The van der Waals surface area contributed by atoms with Crippen molar-refractivity contribution in [3.63, 3.8) is 0 Å². The molecule has 1 aromatic carbocycles. The van der Waals surface area contributed by atoms with E-state index >= 15 is 0 Å². The van der Waals surface area contributed by atoms with E-state index in [-0.39, 0.29) is 22.6 Å². The van der Waals surface area contributed by atoms with E-state index in [2.05, 4.69) is 35.1 Å². The molecule has 0 aliphatic carbocycles. The van der Waals surface area contributed by atoms with Crippen LogP contribution in [0.1, 0.15) is 37.4 Å². The third-order valence-corrected chi connectivity index (χ3v) is 4.13. The van der Waals surface area contributed by atoms with Gasteiger partial charge in [0.25, 0.3) is 0 Å². The molecule has 2 aromatic rings. The van der Waals surface area contributed by atoms with Crippen molar-refractivity contribution in [3.05, 3.63) is 57.8 Å². The maximum absolute atomic E-state index is 14.0. The maximum Gasteiger partial charge on any atom is 0.145 e. The number of nitrogens with one attached hydrogen (secondary N) is 1. The van der Waals surface area contributed by atoms with Crippen LogP contribution in [0.2, 0.25) is 0 Å². The van der Waals surface area contributed by atoms with Crippen LogP contribution in [0.3, 0.4) is 0 Å². The smallest absolute Gasteiger partial charge is 0.145 e. The Morgan fingerprint density at radius 1 is 1.24 bits per heavy atom. The number of hydrogen-bond acceptors (Lipinski definition) is 1. The zero-order valence-corrected chi connectivity index (χ0v) is 13.8. The van der Waals surface area contributed by atoms with Crippen LogP contribution in [-0.4, -0.2) is 11.1 Å². The second kappa shape index (κ2) is 7.18. The van der Waals surface area contributed by atoms with Gasteiger partial charge in [-0.3, -0.25) is 0 Å². The van der Waals surface area contributed by atoms with Crippen LogP contribution in [-0.2, 0) is 6.54 Å². The molecule has 2 rings (SSSR count). The molecule has 0 aliphatic heterocycles. The van der Waals surface area contributed by atoms with Gasteiger partial charge in [-0.05, 0) is 52.7 Å². The van der Waals surface area contributed by atoms with Crippen molar-refractivity contribution in [2.75, 3.05) is 6.54 Å². The lowest BCUT2D eigenvalue weighted by Crippen LogP contribution is -2.19. The predicted octanol–water partition coefficient (Wildman–Crippen LogP) is 4.64. The Morgan fingerprint density at radius 2 is 2.00 bits per heavy atom. The largest absolute Gasteiger partial charge is 0.349 e. The topological polar surface area (TPSA) is 17.0 Å². The SMILES string of the molecule is CCNC(CC)c1ccn(Cc2c(F)ccc(Br)c2F)c1. The highest BCUT2D eigenvalue weighted by molar-refractivity contribution is 9.10. The van der Waals surface area contributed by atoms with E-state index in [4.69, 9.17) is 0 Å². The molecule has 0 saturated heterocycles. The van der Waals surface area contributed by atoms with Gasteiger partial charge in [0.05, 0.1) is 11.0 Å². The van der Waals surface area contributed by atoms with Crippen molar-refractivity contribution in [1.82, 2.24) is 9.88 Å². The number of aromatic nitrogens is 1. The first-order valence-electron chi connectivity index (χ1n) is 7.08. The van der Waals surface area contributed by atoms with E-state index in [1.165, 1.54) is 12.1 Å². The van der Waals surface area contributed by atoms with E-state index in [1.807, 2.05) is 23.0 Å². The summed E-state index contributed by atoms with van der Waals surface area (Å²) < 4.78 is 29.9. The zero-order chi connectivity index (χ0) is 15.4. The highest BCUT2D eigenvalue weighted by Crippen LogP contribution is 2.23. The van der Waals surface area contributed by atoms with Gasteiger partial charge in [0.15, 0.2) is 0 Å². The lowest BCUT2D eigenvalue weighted by molar-refractivity contribution is 0.531. The lowest BCUT2D eigenvalue weighted by atomic mass is 10.1. The van der Waals surface area contributed by atoms with E-state index in [9.17, 15) is 8.78 Å². The summed E-state index contributed by atoms with van der Waals surface area (Å²) in [6.07, 6.45) is 4.77. The Labute approximate surface area is 132 Å². The molecule has 1 N–H and O–H groups in total. The van der Waals surface area contributed by atoms with Crippen LogP contribution in [0.15, 0.2) is 35.1 Å². The summed E-state index contributed by atoms with van der Waals surface area (Å²) in [7, 11) is 0. The monoisotopic (exact) mass is 356 g/mol. The third-order valence-electron chi connectivity index (χ3n) is 3.51. The molecule has 2 nitrogen and oxygen atoms in total. The highest BCUT2D eigenvalue weighted by atomic mass is 79.9. The van der Waals surface area contributed by atoms with Gasteiger partial charge in [0.2, 0.25) is 0 Å². The minimum atomic E-state index is -0.538. The molecule has 1 atom stereocenters. The average Bonchev–Trinajstić information content (AvgIpc) is 2.93. The van der Waals surface area contributed by atoms with Crippen LogP contribution in [0.5, 0.6) is 0 Å². The van der Waals surface area contributed by atoms with Gasteiger partial charge in [-0.1, -0.05) is 13.8 Å².